The SMILES string of the molecule is CC1(C)CCc2c(-c3cc4cc[c]([Al][CH2]Cc5ccc(N6CCC(=O)NC6=O)nn5)cc4[nH]3)n[nH]c2C1. The number of imide groups is 1. The van der Waals surface area contributed by atoms with E-state index in [9.17, 15) is 9.59 Å². The summed E-state index contributed by atoms with van der Waals surface area (Å²) >= 11 is 0.0849. The molecule has 10 heteroatoms. The lowest BCUT2D eigenvalue weighted by atomic mass is 9.76. The van der Waals surface area contributed by atoms with Crippen molar-refractivity contribution in [3.8, 4) is 11.4 Å². The second kappa shape index (κ2) is 9.44. The van der Waals surface area contributed by atoms with Crippen LogP contribution in [0.3, 0.4) is 0 Å². The van der Waals surface area contributed by atoms with Gasteiger partial charge < -0.3 is 4.98 Å². The molecule has 1 aliphatic carbocycles. The van der Waals surface area contributed by atoms with Gasteiger partial charge in [0, 0.05) is 29.7 Å². The molecular formula is C27H29AlN7O2. The van der Waals surface area contributed by atoms with Gasteiger partial charge in [-0.25, -0.2) is 4.79 Å². The van der Waals surface area contributed by atoms with Crippen LogP contribution in [-0.4, -0.2) is 59.1 Å². The summed E-state index contributed by atoms with van der Waals surface area (Å²) in [5.41, 5.74) is 7.16. The molecule has 1 aromatic carbocycles. The summed E-state index contributed by atoms with van der Waals surface area (Å²) in [5.74, 6) is 0.211. The molecule has 4 heterocycles. The molecule has 0 atom stereocenters. The summed E-state index contributed by atoms with van der Waals surface area (Å²) < 4.78 is 1.35. The first-order valence-electron chi connectivity index (χ1n) is 12.8. The summed E-state index contributed by atoms with van der Waals surface area (Å²) in [6.07, 6.45) is 4.39. The van der Waals surface area contributed by atoms with E-state index in [1.54, 1.807) is 6.07 Å². The maximum Gasteiger partial charge on any atom is 0.329 e. The molecule has 3 amide bonds. The number of nitrogens with zero attached hydrogens (tertiary/aromatic N) is 4. The van der Waals surface area contributed by atoms with E-state index in [2.05, 4.69) is 68.8 Å². The number of rotatable bonds is 6. The van der Waals surface area contributed by atoms with Crippen molar-refractivity contribution in [2.75, 3.05) is 11.4 Å². The van der Waals surface area contributed by atoms with Crippen LogP contribution in [0, 0.1) is 5.41 Å². The number of carbonyl (C=O) groups excluding carboxylic acids is 2. The standard InChI is InChI=1S/C17H18N3.C10H11N4O2.Al/c1-17(2)8-7-12-15(10-17)19-20-16(12)14-9-11-5-3-4-6-13(11)18-14;1-2-7-3-4-8(13-12-7)14-6-5-9(15)11-10(14)16;/h3,5-6,9,18H,7-8,10H2,1-2H3,(H,19,20);3-4H,1-2,5-6H2,(H,11,15,16);. The van der Waals surface area contributed by atoms with Crippen molar-refractivity contribution in [2.45, 2.75) is 51.2 Å². The van der Waals surface area contributed by atoms with Crippen molar-refractivity contribution >= 4 is 48.3 Å². The lowest BCUT2D eigenvalue weighted by Gasteiger charge is -2.28. The number of benzene rings is 1. The average Bonchev–Trinajstić information content (AvgIpc) is 3.47. The van der Waals surface area contributed by atoms with E-state index in [-0.39, 0.29) is 27.5 Å². The van der Waals surface area contributed by atoms with Gasteiger partial charge in [0.15, 0.2) is 5.82 Å². The number of amides is 3. The molecule has 3 aromatic heterocycles. The van der Waals surface area contributed by atoms with Crippen molar-refractivity contribution in [1.82, 2.24) is 30.7 Å². The van der Waals surface area contributed by atoms with E-state index in [4.69, 9.17) is 0 Å². The molecule has 2 aliphatic rings. The normalized spacial score (nSPS) is 17.1. The smallest absolute Gasteiger partial charge is 0.329 e. The highest BCUT2D eigenvalue weighted by Crippen LogP contribution is 2.38. The van der Waals surface area contributed by atoms with Gasteiger partial charge in [0.2, 0.25) is 5.91 Å². The topological polar surface area (TPSA) is 120 Å². The van der Waals surface area contributed by atoms with Gasteiger partial charge >= 0.3 is 6.03 Å². The largest absolute Gasteiger partial charge is 0.353 e. The zero-order chi connectivity index (χ0) is 25.6. The Hall–Kier alpha value is -3.48. The number of fused-ring (bicyclic) bond motifs is 2. The van der Waals surface area contributed by atoms with Gasteiger partial charge in [-0.1, -0.05) is 37.3 Å². The number of anilines is 1. The second-order valence-corrected chi connectivity index (χ2v) is 12.4. The van der Waals surface area contributed by atoms with Gasteiger partial charge in [0.1, 0.15) is 5.69 Å². The monoisotopic (exact) mass is 510 g/mol. The van der Waals surface area contributed by atoms with Crippen molar-refractivity contribution in [1.29, 1.82) is 0 Å². The van der Waals surface area contributed by atoms with Crippen LogP contribution < -0.4 is 14.6 Å². The number of carbonyl (C=O) groups is 2. The average molecular weight is 511 g/mol. The number of aromatic amines is 2. The van der Waals surface area contributed by atoms with E-state index >= 15 is 0 Å². The molecule has 6 rings (SSSR count). The van der Waals surface area contributed by atoms with Crippen LogP contribution in [0.15, 0.2) is 36.4 Å². The minimum absolute atomic E-state index is 0.0849. The zero-order valence-corrected chi connectivity index (χ0v) is 22.3. The minimum Gasteiger partial charge on any atom is -0.353 e. The molecular weight excluding hydrogens is 481 g/mol. The molecule has 1 saturated heterocycles. The number of hydrogen-bond donors (Lipinski definition) is 3. The molecule has 37 heavy (non-hydrogen) atoms. The summed E-state index contributed by atoms with van der Waals surface area (Å²) in [6, 6.07) is 12.2. The summed E-state index contributed by atoms with van der Waals surface area (Å²) in [5, 5.41) is 21.0. The molecule has 9 nitrogen and oxygen atoms in total. The predicted octanol–water partition coefficient (Wildman–Crippen LogP) is 3.30. The Bertz CT molecular complexity index is 1490. The Morgan fingerprint density at radius 2 is 1.97 bits per heavy atom. The first-order chi connectivity index (χ1) is 17.8. The summed E-state index contributed by atoms with van der Waals surface area (Å²) in [6.45, 7) is 4.97. The van der Waals surface area contributed by atoms with Crippen LogP contribution in [0.2, 0.25) is 5.28 Å². The van der Waals surface area contributed by atoms with Crippen LogP contribution in [0.25, 0.3) is 22.3 Å². The Morgan fingerprint density at radius 1 is 1.08 bits per heavy atom. The van der Waals surface area contributed by atoms with Gasteiger partial charge in [0.25, 0.3) is 15.2 Å². The molecule has 1 radical (unpaired) electrons. The highest BCUT2D eigenvalue weighted by atomic mass is 27.1. The molecule has 0 saturated carbocycles. The van der Waals surface area contributed by atoms with Crippen LogP contribution in [0.1, 0.15) is 43.6 Å². The predicted molar refractivity (Wildman–Crippen MR) is 143 cm³/mol. The molecule has 187 valence electrons. The van der Waals surface area contributed by atoms with E-state index in [0.29, 0.717) is 17.8 Å². The van der Waals surface area contributed by atoms with Crippen molar-refractivity contribution < 1.29 is 9.59 Å². The van der Waals surface area contributed by atoms with Crippen LogP contribution in [-0.2, 0) is 24.1 Å². The van der Waals surface area contributed by atoms with Gasteiger partial charge in [-0.2, -0.15) is 10.2 Å². The summed E-state index contributed by atoms with van der Waals surface area (Å²) in [4.78, 5) is 28.4. The molecule has 1 fully saturated rings. The van der Waals surface area contributed by atoms with Crippen LogP contribution in [0.5, 0.6) is 0 Å². The van der Waals surface area contributed by atoms with E-state index in [1.165, 1.54) is 32.4 Å². The Kier molecular flexibility index (Phi) is 6.09. The zero-order valence-electron chi connectivity index (χ0n) is 21.1. The first kappa shape index (κ1) is 23.9. The third kappa shape index (κ3) is 4.91. The fraction of sp³-hybridized carbons (Fsp3) is 0.370. The number of H-pyrrole nitrogens is 2. The van der Waals surface area contributed by atoms with Crippen LogP contribution in [0.4, 0.5) is 10.6 Å². The van der Waals surface area contributed by atoms with Crippen molar-refractivity contribution in [3.63, 3.8) is 0 Å². The lowest BCUT2D eigenvalue weighted by Crippen LogP contribution is -2.50. The second-order valence-electron chi connectivity index (χ2n) is 10.8. The number of urea groups is 1. The summed E-state index contributed by atoms with van der Waals surface area (Å²) in [7, 11) is 0. The Morgan fingerprint density at radius 3 is 2.78 bits per heavy atom. The van der Waals surface area contributed by atoms with E-state index in [1.807, 2.05) is 6.07 Å². The molecule has 1 aliphatic heterocycles. The minimum atomic E-state index is -0.443. The fourth-order valence-electron chi connectivity index (χ4n) is 5.27. The quantitative estimate of drug-likeness (QED) is 0.344. The molecule has 4 aromatic rings. The van der Waals surface area contributed by atoms with Gasteiger partial charge in [-0.3, -0.25) is 20.1 Å². The highest BCUT2D eigenvalue weighted by molar-refractivity contribution is 6.53. The molecule has 0 bridgehead atoms. The highest BCUT2D eigenvalue weighted by Gasteiger charge is 2.29. The number of nitrogens with one attached hydrogen (secondary N) is 3. The Balaban J connectivity index is 1.09. The maximum absolute atomic E-state index is 12.0. The third-order valence-corrected chi connectivity index (χ3v) is 8.79. The van der Waals surface area contributed by atoms with Gasteiger partial charge in [-0.15, -0.1) is 9.52 Å². The van der Waals surface area contributed by atoms with Crippen molar-refractivity contribution in [2.24, 2.45) is 5.41 Å². The Labute approximate surface area is 221 Å². The van der Waals surface area contributed by atoms with E-state index in [0.717, 1.165) is 47.1 Å². The molecule has 0 unspecified atom stereocenters. The van der Waals surface area contributed by atoms with E-state index < -0.39 is 6.03 Å². The molecule has 0 spiro atoms. The van der Waals surface area contributed by atoms with Gasteiger partial charge in [-0.05, 0) is 54.7 Å². The number of aryl methyl sites for hydroxylation is 1. The number of hydrogen-bond acceptors (Lipinski definition) is 5. The maximum atomic E-state index is 12.0. The third-order valence-electron chi connectivity index (χ3n) is 7.38. The van der Waals surface area contributed by atoms with Gasteiger partial charge in [0.05, 0.1) is 11.4 Å². The number of aromatic nitrogens is 5. The van der Waals surface area contributed by atoms with Crippen LogP contribution >= 0.6 is 0 Å². The van der Waals surface area contributed by atoms with Crippen molar-refractivity contribution in [3.05, 3.63) is 53.3 Å². The molecule has 3 N–H and O–H groups in total. The lowest BCUT2D eigenvalue weighted by molar-refractivity contribution is -0.120. The fourth-order valence-corrected chi connectivity index (χ4v) is 6.56. The first-order valence-corrected chi connectivity index (χ1v) is 14.2.